The number of rotatable bonds is 1. The largest absolute Gasteiger partial charge is 0.396 e. The molecule has 0 aliphatic carbocycles. The molecule has 2 rings (SSSR count). The lowest BCUT2D eigenvalue weighted by molar-refractivity contribution is 0.207. The Bertz CT molecular complexity index is 422. The van der Waals surface area contributed by atoms with Crippen LogP contribution in [0.25, 0.3) is 0 Å². The van der Waals surface area contributed by atoms with Crippen molar-refractivity contribution in [1.29, 1.82) is 0 Å². The summed E-state index contributed by atoms with van der Waals surface area (Å²) in [5.74, 6) is -0.487. The van der Waals surface area contributed by atoms with Crippen LogP contribution in [-0.4, -0.2) is 31.1 Å². The first-order chi connectivity index (χ1) is 7.59. The van der Waals surface area contributed by atoms with E-state index in [4.69, 9.17) is 5.73 Å². The predicted molar refractivity (Wildman–Crippen MR) is 60.8 cm³/mol. The van der Waals surface area contributed by atoms with E-state index in [1.807, 2.05) is 0 Å². The van der Waals surface area contributed by atoms with Gasteiger partial charge in [0.05, 0.1) is 5.69 Å². The van der Waals surface area contributed by atoms with E-state index >= 15 is 0 Å². The number of hydrogen-bond donors (Lipinski definition) is 1. The van der Waals surface area contributed by atoms with Gasteiger partial charge in [0.2, 0.25) is 0 Å². The number of nitrogens with two attached hydrogens (primary N) is 1. The fourth-order valence-electron chi connectivity index (χ4n) is 1.79. The summed E-state index contributed by atoms with van der Waals surface area (Å²) in [4.78, 5) is 15.0. The first-order valence-corrected chi connectivity index (χ1v) is 5.17. The Balaban J connectivity index is 2.29. The highest BCUT2D eigenvalue weighted by Crippen LogP contribution is 2.22. The first kappa shape index (κ1) is 10.7. The summed E-state index contributed by atoms with van der Waals surface area (Å²) in [6.45, 7) is 1.36. The Morgan fingerprint density at radius 3 is 2.81 bits per heavy atom. The summed E-state index contributed by atoms with van der Waals surface area (Å²) in [5.41, 5.74) is 6.05. The summed E-state index contributed by atoms with van der Waals surface area (Å²) in [7, 11) is 1.74. The van der Waals surface area contributed by atoms with Crippen LogP contribution >= 0.6 is 0 Å². The van der Waals surface area contributed by atoms with Gasteiger partial charge in [-0.2, -0.15) is 0 Å². The average Bonchev–Trinajstić information content (AvgIpc) is 2.26. The van der Waals surface area contributed by atoms with Gasteiger partial charge in [-0.3, -0.25) is 4.90 Å². The zero-order chi connectivity index (χ0) is 11.7. The van der Waals surface area contributed by atoms with Crippen molar-refractivity contribution in [1.82, 2.24) is 4.90 Å². The zero-order valence-corrected chi connectivity index (χ0v) is 9.11. The lowest BCUT2D eigenvalue weighted by Gasteiger charge is -2.33. The Hall–Kier alpha value is -1.78. The maximum absolute atomic E-state index is 13.3. The maximum Gasteiger partial charge on any atom is 0.324 e. The highest BCUT2D eigenvalue weighted by atomic mass is 19.1. The van der Waals surface area contributed by atoms with E-state index in [2.05, 4.69) is 0 Å². The number of benzene rings is 1. The van der Waals surface area contributed by atoms with E-state index in [1.54, 1.807) is 22.9 Å². The zero-order valence-electron chi connectivity index (χ0n) is 9.11. The Kier molecular flexibility index (Phi) is 2.68. The van der Waals surface area contributed by atoms with Crippen LogP contribution in [0.5, 0.6) is 0 Å². The molecule has 1 aromatic carbocycles. The number of urea groups is 1. The van der Waals surface area contributed by atoms with Gasteiger partial charge in [-0.05, 0) is 24.6 Å². The van der Waals surface area contributed by atoms with Crippen LogP contribution in [0.4, 0.5) is 20.6 Å². The third-order valence-electron chi connectivity index (χ3n) is 2.73. The SMILES string of the molecule is CN1CCCN(c2ccc(N)c(F)c2)C1=O. The summed E-state index contributed by atoms with van der Waals surface area (Å²) < 4.78 is 13.3. The molecule has 0 saturated carbocycles. The van der Waals surface area contributed by atoms with Crippen molar-refractivity contribution >= 4 is 17.4 Å². The number of nitrogens with zero attached hydrogens (tertiary/aromatic N) is 2. The first-order valence-electron chi connectivity index (χ1n) is 5.17. The number of carbonyl (C=O) groups excluding carboxylic acids is 1. The molecule has 2 N–H and O–H groups in total. The molecule has 2 amide bonds. The van der Waals surface area contributed by atoms with Crippen LogP contribution in [0.15, 0.2) is 18.2 Å². The standard InChI is InChI=1S/C11H14FN3O/c1-14-5-2-6-15(11(14)16)8-3-4-10(13)9(12)7-8/h3-4,7H,2,5-6,13H2,1H3. The second-order valence-electron chi connectivity index (χ2n) is 3.92. The topological polar surface area (TPSA) is 49.6 Å². The minimum atomic E-state index is -0.487. The summed E-state index contributed by atoms with van der Waals surface area (Å²) in [5, 5.41) is 0. The molecular weight excluding hydrogens is 209 g/mol. The molecule has 0 unspecified atom stereocenters. The number of hydrogen-bond acceptors (Lipinski definition) is 2. The molecule has 0 spiro atoms. The van der Waals surface area contributed by atoms with Gasteiger partial charge < -0.3 is 10.6 Å². The Labute approximate surface area is 93.4 Å². The maximum atomic E-state index is 13.3. The van der Waals surface area contributed by atoms with E-state index in [-0.39, 0.29) is 11.7 Å². The fraction of sp³-hybridized carbons (Fsp3) is 0.364. The predicted octanol–water partition coefficient (Wildman–Crippen LogP) is 1.67. The highest BCUT2D eigenvalue weighted by molar-refractivity contribution is 5.92. The second-order valence-corrected chi connectivity index (χ2v) is 3.92. The minimum absolute atomic E-state index is 0.0987. The number of anilines is 2. The van der Waals surface area contributed by atoms with Crippen molar-refractivity contribution in [3.8, 4) is 0 Å². The number of amides is 2. The lowest BCUT2D eigenvalue weighted by atomic mass is 10.2. The van der Waals surface area contributed by atoms with Crippen molar-refractivity contribution < 1.29 is 9.18 Å². The van der Waals surface area contributed by atoms with E-state index in [9.17, 15) is 9.18 Å². The molecule has 1 aliphatic rings. The van der Waals surface area contributed by atoms with Gasteiger partial charge in [0.25, 0.3) is 0 Å². The van der Waals surface area contributed by atoms with Gasteiger partial charge in [0, 0.05) is 25.8 Å². The molecule has 1 heterocycles. The van der Waals surface area contributed by atoms with E-state index in [1.165, 1.54) is 12.1 Å². The number of nitrogen functional groups attached to an aromatic ring is 1. The van der Waals surface area contributed by atoms with E-state index in [0.29, 0.717) is 12.2 Å². The molecule has 0 aromatic heterocycles. The third-order valence-corrected chi connectivity index (χ3v) is 2.73. The van der Waals surface area contributed by atoms with Crippen LogP contribution in [0.3, 0.4) is 0 Å². The number of carbonyl (C=O) groups is 1. The average molecular weight is 223 g/mol. The minimum Gasteiger partial charge on any atom is -0.396 e. The Morgan fingerprint density at radius 2 is 2.12 bits per heavy atom. The van der Waals surface area contributed by atoms with Crippen LogP contribution < -0.4 is 10.6 Å². The van der Waals surface area contributed by atoms with Crippen LogP contribution in [-0.2, 0) is 0 Å². The molecule has 1 aromatic rings. The highest BCUT2D eigenvalue weighted by Gasteiger charge is 2.24. The van der Waals surface area contributed by atoms with Crippen molar-refractivity contribution in [2.75, 3.05) is 30.8 Å². The number of halogens is 1. The van der Waals surface area contributed by atoms with Crippen molar-refractivity contribution in [2.45, 2.75) is 6.42 Å². The van der Waals surface area contributed by atoms with Crippen molar-refractivity contribution in [3.05, 3.63) is 24.0 Å². The lowest BCUT2D eigenvalue weighted by Crippen LogP contribution is -2.47. The molecule has 5 heteroatoms. The molecule has 16 heavy (non-hydrogen) atoms. The van der Waals surface area contributed by atoms with Crippen molar-refractivity contribution in [3.63, 3.8) is 0 Å². The molecular formula is C11H14FN3O. The van der Waals surface area contributed by atoms with Crippen LogP contribution in [0.1, 0.15) is 6.42 Å². The van der Waals surface area contributed by atoms with E-state index < -0.39 is 5.82 Å². The summed E-state index contributed by atoms with van der Waals surface area (Å²) in [6, 6.07) is 4.34. The molecule has 0 bridgehead atoms. The van der Waals surface area contributed by atoms with Gasteiger partial charge in [-0.15, -0.1) is 0 Å². The van der Waals surface area contributed by atoms with Gasteiger partial charge in [-0.25, -0.2) is 9.18 Å². The molecule has 1 saturated heterocycles. The van der Waals surface area contributed by atoms with Gasteiger partial charge in [0.15, 0.2) is 0 Å². The van der Waals surface area contributed by atoms with Gasteiger partial charge in [0.1, 0.15) is 5.82 Å². The van der Waals surface area contributed by atoms with E-state index in [0.717, 1.165) is 13.0 Å². The Morgan fingerprint density at radius 1 is 1.38 bits per heavy atom. The molecule has 0 atom stereocenters. The quantitative estimate of drug-likeness (QED) is 0.736. The monoisotopic (exact) mass is 223 g/mol. The third kappa shape index (κ3) is 1.80. The molecule has 1 fully saturated rings. The van der Waals surface area contributed by atoms with Crippen LogP contribution in [0.2, 0.25) is 0 Å². The normalized spacial score (nSPS) is 16.8. The van der Waals surface area contributed by atoms with Crippen LogP contribution in [0, 0.1) is 5.82 Å². The van der Waals surface area contributed by atoms with Crippen molar-refractivity contribution in [2.24, 2.45) is 0 Å². The molecule has 86 valence electrons. The molecule has 4 nitrogen and oxygen atoms in total. The summed E-state index contributed by atoms with van der Waals surface area (Å²) in [6.07, 6.45) is 0.883. The van der Waals surface area contributed by atoms with Gasteiger partial charge in [-0.1, -0.05) is 0 Å². The summed E-state index contributed by atoms with van der Waals surface area (Å²) >= 11 is 0. The fourth-order valence-corrected chi connectivity index (χ4v) is 1.79. The molecule has 1 aliphatic heterocycles. The smallest absolute Gasteiger partial charge is 0.324 e. The van der Waals surface area contributed by atoms with Gasteiger partial charge >= 0.3 is 6.03 Å². The molecule has 0 radical (unpaired) electrons. The second kappa shape index (κ2) is 4.00.